The first-order valence-electron chi connectivity index (χ1n) is 4.12. The summed E-state index contributed by atoms with van der Waals surface area (Å²) in [6.45, 7) is 0. The van der Waals surface area contributed by atoms with E-state index < -0.39 is 21.1 Å². The van der Waals surface area contributed by atoms with Crippen LogP contribution in [0.25, 0.3) is 0 Å². The lowest BCUT2D eigenvalue weighted by Crippen LogP contribution is -2.02. The lowest BCUT2D eigenvalue weighted by atomic mass is 10.6. The molecule has 0 saturated heterocycles. The van der Waals surface area contributed by atoms with Gasteiger partial charge in [0.25, 0.3) is 0 Å². The zero-order valence-corrected chi connectivity index (χ0v) is 7.13. The van der Waals surface area contributed by atoms with E-state index in [2.05, 4.69) is 14.9 Å². The van der Waals surface area contributed by atoms with Crippen LogP contribution >= 0.6 is 0 Å². The van der Waals surface area contributed by atoms with Crippen LogP contribution in [0.15, 0.2) is 17.1 Å². The van der Waals surface area contributed by atoms with Crippen LogP contribution < -0.4 is 4.74 Å². The topological polar surface area (TPSA) is 69.2 Å². The highest BCUT2D eigenvalue weighted by Gasteiger charge is 2.08. The third-order valence-corrected chi connectivity index (χ3v) is 1.85. The van der Waals surface area contributed by atoms with Crippen LogP contribution in [-0.4, -0.2) is 32.0 Å². The number of rotatable bonds is 2. The number of hydrogen-bond donors (Lipinski definition) is 0. The number of nitrogens with zero attached hydrogens (tertiary/aromatic N) is 2. The molecule has 0 spiro atoms. The fourth-order valence-corrected chi connectivity index (χ4v) is 0.931. The zero-order valence-electron chi connectivity index (χ0n) is 8.31. The lowest BCUT2D eigenvalue weighted by molar-refractivity contribution is 0.389. The molecule has 66 valence electrons. The Labute approximate surface area is 73.1 Å². The molecular weight excluding hydrogens is 180 g/mol. The molecule has 6 heteroatoms. The molecule has 0 saturated carbocycles. The van der Waals surface area contributed by atoms with E-state index in [0.717, 1.165) is 6.07 Å². The second kappa shape index (κ2) is 3.06. The Hall–Kier alpha value is -1.17. The molecule has 0 aromatic carbocycles. The molecule has 12 heavy (non-hydrogen) atoms. The van der Waals surface area contributed by atoms with Crippen LogP contribution in [0.3, 0.4) is 0 Å². The van der Waals surface area contributed by atoms with Crippen molar-refractivity contribution < 1.29 is 15.9 Å². The van der Waals surface area contributed by atoms with Crippen LogP contribution in [0, 0.1) is 0 Å². The summed E-state index contributed by atoms with van der Waals surface area (Å²) in [5.41, 5.74) is 0. The van der Waals surface area contributed by atoms with E-state index in [9.17, 15) is 8.42 Å². The van der Waals surface area contributed by atoms with Gasteiger partial charge in [0.2, 0.25) is 5.88 Å². The predicted molar refractivity (Wildman–Crippen MR) is 41.7 cm³/mol. The summed E-state index contributed by atoms with van der Waals surface area (Å²) in [6, 6.07) is 0.819. The van der Waals surface area contributed by atoms with Crippen molar-refractivity contribution in [3.8, 4) is 5.88 Å². The summed E-state index contributed by atoms with van der Waals surface area (Å²) in [5.74, 6) is 0.0685. The van der Waals surface area contributed by atoms with Gasteiger partial charge in [-0.25, -0.2) is 8.42 Å². The van der Waals surface area contributed by atoms with Crippen molar-refractivity contribution in [1.29, 1.82) is 0 Å². The summed E-state index contributed by atoms with van der Waals surface area (Å²) < 4.78 is 41.1. The van der Waals surface area contributed by atoms with Gasteiger partial charge in [-0.1, -0.05) is 0 Å². The Morgan fingerprint density at radius 3 is 2.92 bits per heavy atom. The van der Waals surface area contributed by atoms with E-state index in [1.807, 2.05) is 0 Å². The first-order valence-corrected chi connectivity index (χ1v) is 4.57. The van der Waals surface area contributed by atoms with Crippen LogP contribution in [-0.2, 0) is 9.84 Å². The van der Waals surface area contributed by atoms with Crippen molar-refractivity contribution in [2.45, 2.75) is 5.03 Å². The van der Waals surface area contributed by atoms with Crippen LogP contribution in [0.1, 0.15) is 2.74 Å². The van der Waals surface area contributed by atoms with Crippen LogP contribution in [0.5, 0.6) is 5.88 Å². The minimum absolute atomic E-state index is 0.0685. The summed E-state index contributed by atoms with van der Waals surface area (Å²) in [5, 5.41) is 6.25. The Morgan fingerprint density at radius 1 is 1.67 bits per heavy atom. The van der Waals surface area contributed by atoms with E-state index in [4.69, 9.17) is 2.74 Å². The third kappa shape index (κ3) is 1.91. The third-order valence-electron chi connectivity index (χ3n) is 1.06. The maximum Gasteiger partial charge on any atom is 0.233 e. The van der Waals surface area contributed by atoms with Crippen molar-refractivity contribution in [1.82, 2.24) is 10.2 Å². The normalized spacial score (nSPS) is 13.4. The van der Waals surface area contributed by atoms with Gasteiger partial charge in [-0.05, 0) is 6.04 Å². The highest BCUT2D eigenvalue weighted by Crippen LogP contribution is 2.07. The molecule has 0 atom stereocenters. The fraction of sp³-hybridized carbons (Fsp3) is 0.333. The average molecular weight is 190 g/mol. The molecule has 5 nitrogen and oxygen atoms in total. The van der Waals surface area contributed by atoms with Crippen molar-refractivity contribution in [3.05, 3.63) is 12.1 Å². The van der Waals surface area contributed by atoms with Gasteiger partial charge in [0.15, 0.2) is 14.9 Å². The van der Waals surface area contributed by atoms with E-state index in [0.29, 0.717) is 0 Å². The monoisotopic (exact) mass is 190 g/mol. The van der Waals surface area contributed by atoms with Gasteiger partial charge in [0.1, 0.15) is 0 Å². The molecule has 0 unspecified atom stereocenters. The van der Waals surface area contributed by atoms with E-state index in [-0.39, 0.29) is 11.9 Å². The maximum absolute atomic E-state index is 11.2. The van der Waals surface area contributed by atoms with Crippen molar-refractivity contribution in [2.75, 3.05) is 13.3 Å². The van der Waals surface area contributed by atoms with E-state index in [1.54, 1.807) is 0 Å². The number of hydrogen-bond acceptors (Lipinski definition) is 5. The molecular formula is C6H8N2O3S. The quantitative estimate of drug-likeness (QED) is 0.650. The Kier molecular flexibility index (Phi) is 1.62. The highest BCUT2D eigenvalue weighted by atomic mass is 32.2. The minimum atomic E-state index is -3.80. The summed E-state index contributed by atoms with van der Waals surface area (Å²) in [7, 11) is -2.47. The number of aromatic nitrogens is 2. The molecule has 1 heterocycles. The van der Waals surface area contributed by atoms with Gasteiger partial charge in [-0.2, -0.15) is 0 Å². The smallest absolute Gasteiger partial charge is 0.233 e. The maximum atomic E-state index is 11.2. The van der Waals surface area contributed by atoms with Crippen LogP contribution in [0.4, 0.5) is 0 Å². The fourth-order valence-electron chi connectivity index (χ4n) is 0.528. The Morgan fingerprint density at radius 2 is 2.42 bits per heavy atom. The molecule has 0 aliphatic carbocycles. The molecule has 0 aliphatic heterocycles. The van der Waals surface area contributed by atoms with Gasteiger partial charge < -0.3 is 4.74 Å². The number of methoxy groups -OCH3 is 1. The minimum Gasteiger partial charge on any atom is -0.480 e. The summed E-state index contributed by atoms with van der Waals surface area (Å²) in [6.07, 6.45) is -0.847. The van der Waals surface area contributed by atoms with Gasteiger partial charge in [0, 0.05) is 13.7 Å². The van der Waals surface area contributed by atoms with Gasteiger partial charge in [0.05, 0.1) is 8.48 Å². The van der Waals surface area contributed by atoms with Gasteiger partial charge >= 0.3 is 0 Å². The molecule has 1 aromatic rings. The predicted octanol–water partition coefficient (Wildman–Crippen LogP) is -0.111. The molecule has 1 rings (SSSR count). The molecule has 0 amide bonds. The first-order chi connectivity index (χ1) is 6.51. The number of sulfone groups is 1. The molecule has 1 aromatic heterocycles. The first kappa shape index (κ1) is 6.36. The van der Waals surface area contributed by atoms with Gasteiger partial charge in [-0.3, -0.25) is 0 Å². The standard InChI is InChI=1S/C6H8N2O3S/c1-11-5-3-4-6(8-7-5)12(2,9)10/h3-4H,1-2H3/i2D,4D. The largest absolute Gasteiger partial charge is 0.480 e. The molecule has 0 aliphatic rings. The molecule has 0 radical (unpaired) electrons. The summed E-state index contributed by atoms with van der Waals surface area (Å²) >= 11 is 0. The molecule has 0 bridgehead atoms. The van der Waals surface area contributed by atoms with Crippen molar-refractivity contribution in [3.63, 3.8) is 0 Å². The number of ether oxygens (including phenoxy) is 1. The van der Waals surface area contributed by atoms with Gasteiger partial charge in [-0.15, -0.1) is 10.2 Å². The van der Waals surface area contributed by atoms with Crippen molar-refractivity contribution >= 4 is 9.84 Å². The second-order valence-corrected chi connectivity index (χ2v) is 3.57. The van der Waals surface area contributed by atoms with E-state index in [1.165, 1.54) is 7.11 Å². The molecule has 0 N–H and O–H groups in total. The average Bonchev–Trinajstić information content (AvgIpc) is 2.17. The molecule has 0 fully saturated rings. The van der Waals surface area contributed by atoms with Crippen LogP contribution in [0.2, 0.25) is 0 Å². The second-order valence-electron chi connectivity index (χ2n) is 1.95. The summed E-state index contributed by atoms with van der Waals surface area (Å²) in [4.78, 5) is 0. The Balaban J connectivity index is 3.26. The zero-order chi connectivity index (χ0) is 10.8. The SMILES string of the molecule is [2H]CS(=O)(=O)c1nnc(OC)cc1[2H]. The highest BCUT2D eigenvalue weighted by molar-refractivity contribution is 7.90. The Bertz CT molecular complexity index is 435. The van der Waals surface area contributed by atoms with E-state index >= 15 is 0 Å². The van der Waals surface area contributed by atoms with Crippen molar-refractivity contribution in [2.24, 2.45) is 0 Å². The lowest BCUT2D eigenvalue weighted by Gasteiger charge is -1.97.